The molecule has 5 heteroatoms. The summed E-state index contributed by atoms with van der Waals surface area (Å²) in [6.07, 6.45) is 2.29. The van der Waals surface area contributed by atoms with Gasteiger partial charge < -0.3 is 15.5 Å². The van der Waals surface area contributed by atoms with Crippen LogP contribution in [0.3, 0.4) is 0 Å². The van der Waals surface area contributed by atoms with Crippen molar-refractivity contribution in [1.29, 1.82) is 0 Å². The smallest absolute Gasteiger partial charge is 0.139 e. The number of likely N-dealkylation sites (N-methyl/N-ethyl adjacent to an activating group) is 2. The average Bonchev–Trinajstić information content (AvgIpc) is 2.33. The molecule has 1 fully saturated rings. The van der Waals surface area contributed by atoms with Crippen LogP contribution in [0.5, 0.6) is 0 Å². The molecule has 0 aromatic heterocycles. The van der Waals surface area contributed by atoms with Crippen LogP contribution in [0.2, 0.25) is 0 Å². The maximum atomic E-state index is 13.6. The summed E-state index contributed by atoms with van der Waals surface area (Å²) in [6.45, 7) is 2.13. The van der Waals surface area contributed by atoms with Crippen molar-refractivity contribution in [1.82, 2.24) is 4.90 Å². The monoisotopic (exact) mass is 315 g/mol. The number of benzene rings is 1. The molecule has 1 atom stereocenters. The highest BCUT2D eigenvalue weighted by Gasteiger charge is 2.23. The van der Waals surface area contributed by atoms with E-state index in [9.17, 15) is 4.39 Å². The Balaban J connectivity index is 2.22. The normalized spacial score (nSPS) is 21.0. The van der Waals surface area contributed by atoms with Crippen molar-refractivity contribution in [3.63, 3.8) is 0 Å². The van der Waals surface area contributed by atoms with E-state index in [0.29, 0.717) is 16.2 Å². The van der Waals surface area contributed by atoms with Gasteiger partial charge in [0.05, 0.1) is 15.8 Å². The molecule has 3 nitrogen and oxygen atoms in total. The SMILES string of the molecule is CN1CCCC(N(C)c2cc(F)c(Br)cc2N)C1. The molecule has 1 aliphatic heterocycles. The first kappa shape index (κ1) is 13.6. The van der Waals surface area contributed by atoms with Gasteiger partial charge in [-0.05, 0) is 48.4 Å². The van der Waals surface area contributed by atoms with Gasteiger partial charge in [0.25, 0.3) is 0 Å². The van der Waals surface area contributed by atoms with E-state index >= 15 is 0 Å². The first-order valence-electron chi connectivity index (χ1n) is 6.15. The van der Waals surface area contributed by atoms with E-state index in [4.69, 9.17) is 5.73 Å². The summed E-state index contributed by atoms with van der Waals surface area (Å²) in [7, 11) is 4.11. The highest BCUT2D eigenvalue weighted by Crippen LogP contribution is 2.31. The Morgan fingerprint density at radius 1 is 1.50 bits per heavy atom. The molecule has 0 aliphatic carbocycles. The zero-order valence-electron chi connectivity index (χ0n) is 10.8. The molecule has 0 spiro atoms. The fourth-order valence-electron chi connectivity index (χ4n) is 2.51. The third-order valence-electron chi connectivity index (χ3n) is 3.60. The molecule has 0 bridgehead atoms. The maximum absolute atomic E-state index is 13.6. The zero-order chi connectivity index (χ0) is 13.3. The Kier molecular flexibility index (Phi) is 4.12. The van der Waals surface area contributed by atoms with Crippen LogP contribution in [0.1, 0.15) is 12.8 Å². The number of halogens is 2. The lowest BCUT2D eigenvalue weighted by atomic mass is 10.0. The minimum atomic E-state index is -0.268. The fourth-order valence-corrected chi connectivity index (χ4v) is 2.87. The Hall–Kier alpha value is -0.810. The summed E-state index contributed by atoms with van der Waals surface area (Å²) in [6, 6.07) is 3.54. The number of anilines is 2. The predicted octanol–water partition coefficient (Wildman–Crippen LogP) is 2.70. The standard InChI is InChI=1S/C13H19BrFN3/c1-17-5-3-4-9(8-17)18(2)13-7-11(15)10(14)6-12(13)16/h6-7,9H,3-5,8,16H2,1-2H3. The number of nitrogens with zero attached hydrogens (tertiary/aromatic N) is 2. The summed E-state index contributed by atoms with van der Waals surface area (Å²) >= 11 is 3.15. The molecule has 0 amide bonds. The van der Waals surface area contributed by atoms with Gasteiger partial charge in [-0.3, -0.25) is 0 Å². The van der Waals surface area contributed by atoms with Crippen molar-refractivity contribution in [2.24, 2.45) is 0 Å². The predicted molar refractivity (Wildman–Crippen MR) is 77.4 cm³/mol. The number of nitrogens with two attached hydrogens (primary N) is 1. The average molecular weight is 316 g/mol. The topological polar surface area (TPSA) is 32.5 Å². The number of hydrogen-bond acceptors (Lipinski definition) is 3. The molecule has 2 N–H and O–H groups in total. The summed E-state index contributed by atoms with van der Waals surface area (Å²) in [5.74, 6) is -0.268. The van der Waals surface area contributed by atoms with Crippen LogP contribution in [-0.2, 0) is 0 Å². The van der Waals surface area contributed by atoms with Crippen molar-refractivity contribution in [2.45, 2.75) is 18.9 Å². The first-order valence-corrected chi connectivity index (χ1v) is 6.94. The molecule has 1 heterocycles. The lowest BCUT2D eigenvalue weighted by Gasteiger charge is -2.37. The van der Waals surface area contributed by atoms with E-state index in [1.54, 1.807) is 6.07 Å². The van der Waals surface area contributed by atoms with E-state index < -0.39 is 0 Å². The molecule has 1 aliphatic rings. The zero-order valence-corrected chi connectivity index (χ0v) is 12.4. The minimum absolute atomic E-state index is 0.268. The van der Waals surface area contributed by atoms with Gasteiger partial charge in [-0.25, -0.2) is 4.39 Å². The van der Waals surface area contributed by atoms with E-state index in [0.717, 1.165) is 25.2 Å². The highest BCUT2D eigenvalue weighted by molar-refractivity contribution is 9.10. The molecule has 0 saturated carbocycles. The van der Waals surface area contributed by atoms with Gasteiger partial charge in [0.15, 0.2) is 0 Å². The summed E-state index contributed by atoms with van der Waals surface area (Å²) < 4.78 is 14.0. The third kappa shape index (κ3) is 2.78. The summed E-state index contributed by atoms with van der Waals surface area (Å²) in [5.41, 5.74) is 7.36. The highest BCUT2D eigenvalue weighted by atomic mass is 79.9. The van der Waals surface area contributed by atoms with Gasteiger partial charge in [-0.1, -0.05) is 0 Å². The van der Waals surface area contributed by atoms with Gasteiger partial charge in [-0.2, -0.15) is 0 Å². The molecule has 1 aromatic rings. The molecular formula is C13H19BrFN3. The van der Waals surface area contributed by atoms with Crippen molar-refractivity contribution >= 4 is 27.3 Å². The van der Waals surface area contributed by atoms with Gasteiger partial charge in [-0.15, -0.1) is 0 Å². The Labute approximate surface area is 116 Å². The molecule has 0 radical (unpaired) electrons. The molecule has 2 rings (SSSR count). The number of piperidine rings is 1. The van der Waals surface area contributed by atoms with Crippen LogP contribution in [0.25, 0.3) is 0 Å². The van der Waals surface area contributed by atoms with Crippen LogP contribution >= 0.6 is 15.9 Å². The van der Waals surface area contributed by atoms with E-state index in [2.05, 4.69) is 32.8 Å². The van der Waals surface area contributed by atoms with Crippen molar-refractivity contribution < 1.29 is 4.39 Å². The summed E-state index contributed by atoms with van der Waals surface area (Å²) in [4.78, 5) is 4.40. The van der Waals surface area contributed by atoms with Gasteiger partial charge in [0.1, 0.15) is 5.82 Å². The molecule has 1 aromatic carbocycles. The van der Waals surface area contributed by atoms with Crippen LogP contribution in [0, 0.1) is 5.82 Å². The largest absolute Gasteiger partial charge is 0.397 e. The Morgan fingerprint density at radius 3 is 2.89 bits per heavy atom. The number of rotatable bonds is 2. The second kappa shape index (κ2) is 5.45. The van der Waals surface area contributed by atoms with Gasteiger partial charge in [0, 0.05) is 25.7 Å². The van der Waals surface area contributed by atoms with Crippen LogP contribution < -0.4 is 10.6 Å². The van der Waals surface area contributed by atoms with Crippen LogP contribution in [0.15, 0.2) is 16.6 Å². The third-order valence-corrected chi connectivity index (χ3v) is 4.20. The number of hydrogen-bond donors (Lipinski definition) is 1. The number of likely N-dealkylation sites (tertiary alicyclic amines) is 1. The van der Waals surface area contributed by atoms with Crippen LogP contribution in [0.4, 0.5) is 15.8 Å². The maximum Gasteiger partial charge on any atom is 0.139 e. The summed E-state index contributed by atoms with van der Waals surface area (Å²) in [5, 5.41) is 0. The van der Waals surface area contributed by atoms with Crippen molar-refractivity contribution in [2.75, 3.05) is 37.8 Å². The molecule has 1 saturated heterocycles. The van der Waals surface area contributed by atoms with Gasteiger partial charge in [0.2, 0.25) is 0 Å². The van der Waals surface area contributed by atoms with Crippen LogP contribution in [-0.4, -0.2) is 38.1 Å². The quantitative estimate of drug-likeness (QED) is 0.852. The second-order valence-electron chi connectivity index (χ2n) is 4.99. The van der Waals surface area contributed by atoms with Crippen molar-refractivity contribution in [3.05, 3.63) is 22.4 Å². The lowest BCUT2D eigenvalue weighted by Crippen LogP contribution is -2.45. The Bertz CT molecular complexity index is 438. The molecular weight excluding hydrogens is 297 g/mol. The first-order chi connectivity index (χ1) is 8.49. The van der Waals surface area contributed by atoms with E-state index in [1.807, 2.05) is 7.05 Å². The fraction of sp³-hybridized carbons (Fsp3) is 0.538. The van der Waals surface area contributed by atoms with Crippen molar-refractivity contribution in [3.8, 4) is 0 Å². The van der Waals surface area contributed by atoms with E-state index in [-0.39, 0.29) is 5.82 Å². The molecule has 18 heavy (non-hydrogen) atoms. The molecule has 100 valence electrons. The minimum Gasteiger partial charge on any atom is -0.397 e. The van der Waals surface area contributed by atoms with E-state index in [1.165, 1.54) is 12.5 Å². The lowest BCUT2D eigenvalue weighted by molar-refractivity contribution is 0.248. The molecule has 1 unspecified atom stereocenters. The Morgan fingerprint density at radius 2 is 2.22 bits per heavy atom. The van der Waals surface area contributed by atoms with Gasteiger partial charge >= 0.3 is 0 Å². The number of nitrogen functional groups attached to an aromatic ring is 1. The second-order valence-corrected chi connectivity index (χ2v) is 5.85.